The second-order valence-electron chi connectivity index (χ2n) is 6.10. The zero-order valence-corrected chi connectivity index (χ0v) is 19.5. The number of thioether (sulfide) groups is 1. The predicted molar refractivity (Wildman–Crippen MR) is 124 cm³/mol. The lowest BCUT2D eigenvalue weighted by molar-refractivity contribution is 0.252. The van der Waals surface area contributed by atoms with Gasteiger partial charge in [0.25, 0.3) is 15.8 Å². The van der Waals surface area contributed by atoms with Crippen LogP contribution in [0.2, 0.25) is 0 Å². The Morgan fingerprint density at radius 3 is 2.16 bits per heavy atom. The van der Waals surface area contributed by atoms with Crippen molar-refractivity contribution >= 4 is 77.4 Å². The van der Waals surface area contributed by atoms with Gasteiger partial charge in [0.05, 0.1) is 14.8 Å². The Labute approximate surface area is 193 Å². The largest absolute Gasteiger partial charge is 0.337 e. The number of halogens is 3. The molecule has 0 spiro atoms. The van der Waals surface area contributed by atoms with Crippen LogP contribution >= 0.6 is 39.0 Å². The number of sulfonamides is 1. The number of para-hydroxylation sites is 2. The highest BCUT2D eigenvalue weighted by Crippen LogP contribution is 2.31. The molecule has 0 fully saturated rings. The van der Waals surface area contributed by atoms with Gasteiger partial charge in [-0.2, -0.15) is 8.78 Å². The molecule has 12 heteroatoms. The van der Waals surface area contributed by atoms with Crippen molar-refractivity contribution in [3.63, 3.8) is 0 Å². The zero-order valence-electron chi connectivity index (χ0n) is 15.4. The van der Waals surface area contributed by atoms with E-state index >= 15 is 0 Å². The average molecular weight is 543 g/mol. The minimum Gasteiger partial charge on any atom is -0.337 e. The Kier molecular flexibility index (Phi) is 6.42. The third-order valence-electron chi connectivity index (χ3n) is 3.96. The molecule has 0 radical (unpaired) electrons. The van der Waals surface area contributed by atoms with Crippen molar-refractivity contribution in [3.05, 3.63) is 64.5 Å². The molecule has 0 bridgehead atoms. The minimum absolute atomic E-state index is 0.0225. The quantitative estimate of drug-likeness (QED) is 0.266. The monoisotopic (exact) mass is 542 g/mol. The standard InChI is InChI=1S/C19H13BrF2N4O2S3/c20-15-9-10-16(30-15)31(27,28)26-18-17(24-13-3-1-2-4-14(13)25-18)23-11-5-7-12(8-6-11)29-19(21)22/h1-10,19H,(H,23,24)(H,25,26). The number of nitrogens with zero attached hydrogens (tertiary/aromatic N) is 2. The lowest BCUT2D eigenvalue weighted by atomic mass is 10.3. The molecule has 0 saturated carbocycles. The van der Waals surface area contributed by atoms with Crippen molar-refractivity contribution in [3.8, 4) is 0 Å². The predicted octanol–water partition coefficient (Wildman–Crippen LogP) is 6.31. The molecular weight excluding hydrogens is 530 g/mol. The summed E-state index contributed by atoms with van der Waals surface area (Å²) < 4.78 is 54.0. The van der Waals surface area contributed by atoms with Gasteiger partial charge < -0.3 is 5.32 Å². The Hall–Kier alpha value is -2.28. The molecule has 0 aliphatic rings. The van der Waals surface area contributed by atoms with Crippen molar-refractivity contribution < 1.29 is 17.2 Å². The second-order valence-corrected chi connectivity index (χ2v) is 11.5. The van der Waals surface area contributed by atoms with E-state index in [1.165, 1.54) is 6.07 Å². The van der Waals surface area contributed by atoms with Crippen LogP contribution in [0, 0.1) is 0 Å². The lowest BCUT2D eigenvalue weighted by Crippen LogP contribution is -2.15. The zero-order chi connectivity index (χ0) is 22.0. The first-order chi connectivity index (χ1) is 14.8. The molecule has 2 heterocycles. The van der Waals surface area contributed by atoms with Crippen molar-refractivity contribution in [1.82, 2.24) is 9.97 Å². The number of anilines is 3. The van der Waals surface area contributed by atoms with Crippen LogP contribution in [0.5, 0.6) is 0 Å². The Morgan fingerprint density at radius 1 is 0.935 bits per heavy atom. The van der Waals surface area contributed by atoms with E-state index in [1.54, 1.807) is 54.6 Å². The topological polar surface area (TPSA) is 84.0 Å². The fourth-order valence-electron chi connectivity index (χ4n) is 2.63. The molecule has 31 heavy (non-hydrogen) atoms. The number of hydrogen-bond donors (Lipinski definition) is 2. The van der Waals surface area contributed by atoms with Crippen LogP contribution in [0.1, 0.15) is 0 Å². The van der Waals surface area contributed by atoms with Gasteiger partial charge in [-0.25, -0.2) is 18.4 Å². The number of fused-ring (bicyclic) bond motifs is 1. The number of rotatable bonds is 7. The van der Waals surface area contributed by atoms with E-state index in [1.807, 2.05) is 0 Å². The van der Waals surface area contributed by atoms with Crippen LogP contribution in [0.25, 0.3) is 11.0 Å². The van der Waals surface area contributed by atoms with E-state index in [0.717, 1.165) is 11.3 Å². The second kappa shape index (κ2) is 9.07. The van der Waals surface area contributed by atoms with E-state index in [2.05, 4.69) is 35.9 Å². The van der Waals surface area contributed by atoms with Crippen LogP contribution in [-0.4, -0.2) is 24.1 Å². The van der Waals surface area contributed by atoms with Crippen molar-refractivity contribution in [2.24, 2.45) is 0 Å². The first kappa shape index (κ1) is 21.9. The van der Waals surface area contributed by atoms with Gasteiger partial charge in [-0.15, -0.1) is 11.3 Å². The molecular formula is C19H13BrF2N4O2S3. The average Bonchev–Trinajstić information content (AvgIpc) is 3.17. The Balaban J connectivity index is 1.70. The SMILES string of the molecule is O=S(=O)(Nc1nc2ccccc2nc1Nc1ccc(SC(F)F)cc1)c1ccc(Br)s1. The van der Waals surface area contributed by atoms with Gasteiger partial charge in [0.15, 0.2) is 11.6 Å². The highest BCUT2D eigenvalue weighted by Gasteiger charge is 2.21. The summed E-state index contributed by atoms with van der Waals surface area (Å²) in [6.45, 7) is 0. The molecule has 6 nitrogen and oxygen atoms in total. The first-order valence-electron chi connectivity index (χ1n) is 8.67. The van der Waals surface area contributed by atoms with E-state index in [4.69, 9.17) is 0 Å². The minimum atomic E-state index is -3.89. The van der Waals surface area contributed by atoms with Gasteiger partial charge in [0.1, 0.15) is 4.21 Å². The fourth-order valence-corrected chi connectivity index (χ4v) is 6.15. The van der Waals surface area contributed by atoms with Crippen LogP contribution in [0.15, 0.2) is 73.6 Å². The summed E-state index contributed by atoms with van der Waals surface area (Å²) in [4.78, 5) is 9.32. The maximum Gasteiger partial charge on any atom is 0.288 e. The number of aromatic nitrogens is 2. The maximum atomic E-state index is 12.8. The van der Waals surface area contributed by atoms with Crippen LogP contribution < -0.4 is 10.0 Å². The van der Waals surface area contributed by atoms with Gasteiger partial charge in [0.2, 0.25) is 0 Å². The Morgan fingerprint density at radius 2 is 1.58 bits per heavy atom. The van der Waals surface area contributed by atoms with E-state index in [-0.39, 0.29) is 15.8 Å². The maximum absolute atomic E-state index is 12.8. The van der Waals surface area contributed by atoms with E-state index in [9.17, 15) is 17.2 Å². The third kappa shape index (κ3) is 5.32. The number of hydrogen-bond acceptors (Lipinski definition) is 7. The van der Waals surface area contributed by atoms with Crippen LogP contribution in [-0.2, 0) is 10.0 Å². The lowest BCUT2D eigenvalue weighted by Gasteiger charge is -2.13. The molecule has 0 unspecified atom stereocenters. The number of thiophene rings is 1. The van der Waals surface area contributed by atoms with Crippen molar-refractivity contribution in [2.75, 3.05) is 10.0 Å². The van der Waals surface area contributed by atoms with Gasteiger partial charge in [-0.3, -0.25) is 4.72 Å². The van der Waals surface area contributed by atoms with E-state index in [0.29, 0.717) is 37.2 Å². The third-order valence-corrected chi connectivity index (χ3v) is 8.13. The van der Waals surface area contributed by atoms with Gasteiger partial charge in [-0.1, -0.05) is 23.9 Å². The Bertz CT molecular complexity index is 1330. The molecule has 0 amide bonds. The number of alkyl halides is 2. The molecule has 2 N–H and O–H groups in total. The molecule has 0 atom stereocenters. The smallest absolute Gasteiger partial charge is 0.288 e. The van der Waals surface area contributed by atoms with Crippen molar-refractivity contribution in [2.45, 2.75) is 14.9 Å². The first-order valence-corrected chi connectivity index (χ1v) is 12.6. The molecule has 0 saturated heterocycles. The van der Waals surface area contributed by atoms with Crippen LogP contribution in [0.3, 0.4) is 0 Å². The summed E-state index contributed by atoms with van der Waals surface area (Å²) in [6.07, 6.45) is 0. The van der Waals surface area contributed by atoms with Gasteiger partial charge in [0, 0.05) is 10.6 Å². The number of benzene rings is 2. The summed E-state index contributed by atoms with van der Waals surface area (Å²) in [5.74, 6) is -2.30. The molecule has 4 aromatic rings. The van der Waals surface area contributed by atoms with Gasteiger partial charge >= 0.3 is 0 Å². The van der Waals surface area contributed by atoms with E-state index < -0.39 is 15.8 Å². The molecule has 2 aromatic heterocycles. The highest BCUT2D eigenvalue weighted by molar-refractivity contribution is 9.11. The molecule has 4 rings (SSSR count). The molecule has 2 aromatic carbocycles. The summed E-state index contributed by atoms with van der Waals surface area (Å²) in [7, 11) is -3.89. The molecule has 160 valence electrons. The number of nitrogens with one attached hydrogen (secondary N) is 2. The summed E-state index contributed by atoms with van der Waals surface area (Å²) >= 11 is 4.77. The van der Waals surface area contributed by atoms with Gasteiger partial charge in [-0.05, 0) is 64.5 Å². The normalized spacial score (nSPS) is 11.7. The summed E-state index contributed by atoms with van der Waals surface area (Å²) in [5, 5.41) is 3.02. The molecule has 0 aliphatic heterocycles. The fraction of sp³-hybridized carbons (Fsp3) is 0.0526. The summed E-state index contributed by atoms with van der Waals surface area (Å²) in [5.41, 5.74) is 1.63. The van der Waals surface area contributed by atoms with Crippen LogP contribution in [0.4, 0.5) is 26.1 Å². The summed E-state index contributed by atoms with van der Waals surface area (Å²) in [6, 6.07) is 16.5. The highest BCUT2D eigenvalue weighted by atomic mass is 79.9. The van der Waals surface area contributed by atoms with Crippen molar-refractivity contribution in [1.29, 1.82) is 0 Å². The molecule has 0 aliphatic carbocycles.